The summed E-state index contributed by atoms with van der Waals surface area (Å²) in [5.74, 6) is 3.08. The van der Waals surface area contributed by atoms with Crippen molar-refractivity contribution in [2.45, 2.75) is 32.1 Å². The lowest BCUT2D eigenvalue weighted by atomic mass is 9.96. The summed E-state index contributed by atoms with van der Waals surface area (Å²) in [6.45, 7) is 4.85. The normalized spacial score (nSPS) is 18.5. The maximum absolute atomic E-state index is 13.1. The average Bonchev–Trinajstić information content (AvgIpc) is 3.00. The molecule has 1 saturated heterocycles. The lowest BCUT2D eigenvalue weighted by molar-refractivity contribution is -0.131. The van der Waals surface area contributed by atoms with E-state index in [0.717, 1.165) is 62.6 Å². The molecule has 2 aromatic carbocycles. The van der Waals surface area contributed by atoms with Gasteiger partial charge in [-0.25, -0.2) is 0 Å². The van der Waals surface area contributed by atoms with Crippen molar-refractivity contribution in [2.24, 2.45) is 5.92 Å². The van der Waals surface area contributed by atoms with Crippen LogP contribution in [0.2, 0.25) is 0 Å². The fourth-order valence-corrected chi connectivity index (χ4v) is 5.14. The van der Waals surface area contributed by atoms with Gasteiger partial charge in [-0.15, -0.1) is 12.4 Å². The number of hydrogen-bond acceptors (Lipinski definition) is 5. The number of carbonyl (C=O) groups excluding carboxylic acids is 1. The molecule has 0 spiro atoms. The molecule has 0 aromatic heterocycles. The number of benzene rings is 2. The Bertz CT molecular complexity index is 968. The van der Waals surface area contributed by atoms with E-state index in [-0.39, 0.29) is 18.3 Å². The van der Waals surface area contributed by atoms with Gasteiger partial charge in [0.2, 0.25) is 5.91 Å². The second-order valence-electron chi connectivity index (χ2n) is 9.15. The molecule has 34 heavy (non-hydrogen) atoms. The quantitative estimate of drug-likeness (QED) is 0.562. The lowest BCUT2D eigenvalue weighted by Crippen LogP contribution is -2.44. The summed E-state index contributed by atoms with van der Waals surface area (Å²) in [5, 5.41) is 0. The minimum Gasteiger partial charge on any atom is -0.497 e. The van der Waals surface area contributed by atoms with Crippen molar-refractivity contribution in [3.8, 4) is 17.2 Å². The molecule has 0 N–H and O–H groups in total. The van der Waals surface area contributed by atoms with E-state index in [1.54, 1.807) is 21.3 Å². The molecule has 1 atom stereocenters. The molecule has 1 amide bonds. The first-order valence-corrected chi connectivity index (χ1v) is 12.0. The average molecular weight is 489 g/mol. The van der Waals surface area contributed by atoms with Gasteiger partial charge in [0.25, 0.3) is 0 Å². The van der Waals surface area contributed by atoms with Crippen LogP contribution in [0.4, 0.5) is 0 Å². The zero-order chi connectivity index (χ0) is 23.2. The van der Waals surface area contributed by atoms with Gasteiger partial charge < -0.3 is 24.0 Å². The van der Waals surface area contributed by atoms with Gasteiger partial charge in [0.15, 0.2) is 11.5 Å². The topological polar surface area (TPSA) is 51.2 Å². The summed E-state index contributed by atoms with van der Waals surface area (Å²) in [5.41, 5.74) is 3.55. The highest BCUT2D eigenvalue weighted by Crippen LogP contribution is 2.32. The molecule has 1 unspecified atom stereocenters. The van der Waals surface area contributed by atoms with E-state index in [1.165, 1.54) is 24.0 Å². The van der Waals surface area contributed by atoms with E-state index < -0.39 is 0 Å². The number of amides is 1. The van der Waals surface area contributed by atoms with Gasteiger partial charge in [-0.2, -0.15) is 0 Å². The Labute approximate surface area is 209 Å². The molecule has 2 aromatic rings. The first-order chi connectivity index (χ1) is 16.1. The fraction of sp³-hybridized carbons (Fsp3) is 0.519. The maximum atomic E-state index is 13.1. The molecule has 0 aliphatic carbocycles. The van der Waals surface area contributed by atoms with Crippen LogP contribution in [-0.2, 0) is 24.1 Å². The summed E-state index contributed by atoms with van der Waals surface area (Å²) in [6.07, 6.45) is 4.69. The van der Waals surface area contributed by atoms with Crippen LogP contribution in [0.3, 0.4) is 0 Å². The first kappa shape index (κ1) is 26.2. The molecule has 2 aliphatic heterocycles. The van der Waals surface area contributed by atoms with Gasteiger partial charge in [0.05, 0.1) is 27.8 Å². The highest BCUT2D eigenvalue weighted by Gasteiger charge is 2.27. The zero-order valence-electron chi connectivity index (χ0n) is 20.5. The van der Waals surface area contributed by atoms with Crippen molar-refractivity contribution in [1.29, 1.82) is 0 Å². The third-order valence-corrected chi connectivity index (χ3v) is 6.98. The second-order valence-corrected chi connectivity index (χ2v) is 9.15. The summed E-state index contributed by atoms with van der Waals surface area (Å²) < 4.78 is 16.3. The molecule has 186 valence electrons. The van der Waals surface area contributed by atoms with Gasteiger partial charge in [-0.05, 0) is 79.1 Å². The minimum atomic E-state index is 0. The summed E-state index contributed by atoms with van der Waals surface area (Å²) in [4.78, 5) is 17.7. The SMILES string of the molecule is COc1cccc(CCN2CCCC(CN3CCc4cc(OC)c(OC)cc4CC3=O)C2)c1.Cl. The lowest BCUT2D eigenvalue weighted by Gasteiger charge is -2.35. The number of rotatable bonds is 8. The van der Waals surface area contributed by atoms with Crippen LogP contribution in [0.1, 0.15) is 29.5 Å². The van der Waals surface area contributed by atoms with Gasteiger partial charge >= 0.3 is 0 Å². The maximum Gasteiger partial charge on any atom is 0.227 e. The largest absolute Gasteiger partial charge is 0.497 e. The van der Waals surface area contributed by atoms with Gasteiger partial charge in [0, 0.05) is 26.2 Å². The Balaban J connectivity index is 0.00000324. The Morgan fingerprint density at radius 1 is 0.971 bits per heavy atom. The molecule has 0 saturated carbocycles. The molecular weight excluding hydrogens is 452 g/mol. The smallest absolute Gasteiger partial charge is 0.227 e. The molecule has 2 aliphatic rings. The highest BCUT2D eigenvalue weighted by molar-refractivity contribution is 5.85. The van der Waals surface area contributed by atoms with E-state index in [4.69, 9.17) is 14.2 Å². The molecular formula is C27H37ClN2O4. The molecule has 4 rings (SSSR count). The number of halogens is 1. The number of fused-ring (bicyclic) bond motifs is 1. The van der Waals surface area contributed by atoms with Crippen LogP contribution in [0.25, 0.3) is 0 Å². The number of piperidine rings is 1. The molecule has 7 heteroatoms. The molecule has 2 heterocycles. The summed E-state index contributed by atoms with van der Waals surface area (Å²) in [7, 11) is 5.00. The van der Waals surface area contributed by atoms with Crippen LogP contribution < -0.4 is 14.2 Å². The second kappa shape index (κ2) is 12.3. The van der Waals surface area contributed by atoms with Crippen LogP contribution in [0.5, 0.6) is 17.2 Å². The van der Waals surface area contributed by atoms with Crippen molar-refractivity contribution in [3.05, 3.63) is 53.1 Å². The van der Waals surface area contributed by atoms with Crippen LogP contribution in [0, 0.1) is 5.92 Å². The van der Waals surface area contributed by atoms with Crippen molar-refractivity contribution in [2.75, 3.05) is 54.1 Å². The summed E-state index contributed by atoms with van der Waals surface area (Å²) in [6, 6.07) is 12.3. The number of methoxy groups -OCH3 is 3. The Morgan fingerprint density at radius 3 is 2.47 bits per heavy atom. The van der Waals surface area contributed by atoms with Gasteiger partial charge in [-0.3, -0.25) is 4.79 Å². The van der Waals surface area contributed by atoms with Crippen molar-refractivity contribution in [3.63, 3.8) is 0 Å². The molecule has 0 radical (unpaired) electrons. The van der Waals surface area contributed by atoms with Crippen LogP contribution >= 0.6 is 12.4 Å². The van der Waals surface area contributed by atoms with E-state index >= 15 is 0 Å². The monoisotopic (exact) mass is 488 g/mol. The number of carbonyl (C=O) groups is 1. The molecule has 0 bridgehead atoms. The fourth-order valence-electron chi connectivity index (χ4n) is 5.14. The first-order valence-electron chi connectivity index (χ1n) is 12.0. The number of likely N-dealkylation sites (tertiary alicyclic amines) is 1. The third kappa shape index (κ3) is 6.36. The van der Waals surface area contributed by atoms with Crippen LogP contribution in [0.15, 0.2) is 36.4 Å². The van der Waals surface area contributed by atoms with Gasteiger partial charge in [0.1, 0.15) is 5.75 Å². The van der Waals surface area contributed by atoms with Gasteiger partial charge in [-0.1, -0.05) is 12.1 Å². The predicted molar refractivity (Wildman–Crippen MR) is 137 cm³/mol. The Kier molecular flexibility index (Phi) is 9.48. The Morgan fingerprint density at radius 2 is 1.74 bits per heavy atom. The van der Waals surface area contributed by atoms with Crippen molar-refractivity contribution >= 4 is 18.3 Å². The minimum absolute atomic E-state index is 0. The third-order valence-electron chi connectivity index (χ3n) is 6.98. The number of hydrogen-bond donors (Lipinski definition) is 0. The van der Waals surface area contributed by atoms with Crippen molar-refractivity contribution < 1.29 is 19.0 Å². The standard InChI is InChI=1S/C27H36N2O4.ClH/c1-31-24-8-4-6-20(14-24)9-12-28-11-5-7-21(18-28)19-29-13-10-22-15-25(32-2)26(33-3)16-23(22)17-27(29)30;/h4,6,8,14-16,21H,5,7,9-13,17-19H2,1-3H3;1H. The zero-order valence-corrected chi connectivity index (χ0v) is 21.4. The summed E-state index contributed by atoms with van der Waals surface area (Å²) >= 11 is 0. The molecule has 6 nitrogen and oxygen atoms in total. The van der Waals surface area contributed by atoms with Crippen LogP contribution in [-0.4, -0.2) is 69.8 Å². The number of nitrogens with zero attached hydrogens (tertiary/aromatic N) is 2. The van der Waals surface area contributed by atoms with Crippen molar-refractivity contribution in [1.82, 2.24) is 9.80 Å². The van der Waals surface area contributed by atoms with E-state index in [0.29, 0.717) is 18.1 Å². The molecule has 1 fully saturated rings. The highest BCUT2D eigenvalue weighted by atomic mass is 35.5. The number of ether oxygens (including phenoxy) is 3. The van der Waals surface area contributed by atoms with E-state index in [1.807, 2.05) is 18.2 Å². The predicted octanol–water partition coefficient (Wildman–Crippen LogP) is 4.02. The Hall–Kier alpha value is -2.44. The van der Waals surface area contributed by atoms with E-state index in [2.05, 4.69) is 28.0 Å². The van der Waals surface area contributed by atoms with E-state index in [9.17, 15) is 4.79 Å².